The van der Waals surface area contributed by atoms with Gasteiger partial charge >= 0.3 is 0 Å². The summed E-state index contributed by atoms with van der Waals surface area (Å²) in [5, 5.41) is 0.880. The summed E-state index contributed by atoms with van der Waals surface area (Å²) in [6.45, 7) is 0. The van der Waals surface area contributed by atoms with Gasteiger partial charge in [0.05, 0.1) is 14.6 Å². The highest BCUT2D eigenvalue weighted by molar-refractivity contribution is 7.92. The summed E-state index contributed by atoms with van der Waals surface area (Å²) in [6.07, 6.45) is 3.09. The van der Waals surface area contributed by atoms with E-state index >= 15 is 0 Å². The number of para-hydroxylation sites is 1. The van der Waals surface area contributed by atoms with Crippen LogP contribution >= 0.6 is 0 Å². The zero-order valence-electron chi connectivity index (χ0n) is 7.20. The molecule has 0 saturated heterocycles. The van der Waals surface area contributed by atoms with Crippen LogP contribution in [-0.2, 0) is 9.73 Å². The van der Waals surface area contributed by atoms with Crippen molar-refractivity contribution in [1.82, 2.24) is 4.98 Å². The van der Waals surface area contributed by atoms with E-state index in [1.54, 1.807) is 6.20 Å². The second-order valence-corrected chi connectivity index (χ2v) is 5.17. The first-order valence-corrected chi connectivity index (χ1v) is 5.85. The highest BCUT2D eigenvalue weighted by Crippen LogP contribution is 2.21. The fraction of sp³-hybridized carbons (Fsp3) is 0.111. The van der Waals surface area contributed by atoms with Crippen molar-refractivity contribution in [3.8, 4) is 0 Å². The summed E-state index contributed by atoms with van der Waals surface area (Å²) < 4.78 is 19.0. The second kappa shape index (κ2) is 2.60. The lowest BCUT2D eigenvalue weighted by atomic mass is 10.2. The molecule has 0 bridgehead atoms. The van der Waals surface area contributed by atoms with Crippen molar-refractivity contribution in [2.45, 2.75) is 4.90 Å². The second-order valence-electron chi connectivity index (χ2n) is 3.04. The lowest BCUT2D eigenvalue weighted by Gasteiger charge is -1.96. The van der Waals surface area contributed by atoms with Gasteiger partial charge in [-0.15, -0.1) is 0 Å². The molecule has 0 spiro atoms. The van der Waals surface area contributed by atoms with Crippen LogP contribution in [0, 0.1) is 4.78 Å². The van der Waals surface area contributed by atoms with E-state index in [4.69, 9.17) is 4.78 Å². The van der Waals surface area contributed by atoms with Crippen molar-refractivity contribution in [3.63, 3.8) is 0 Å². The molecule has 13 heavy (non-hydrogen) atoms. The number of fused-ring (bicyclic) bond motifs is 1. The predicted octanol–water partition coefficient (Wildman–Crippen LogP) is 2.20. The Morgan fingerprint density at radius 1 is 1.38 bits per heavy atom. The van der Waals surface area contributed by atoms with Gasteiger partial charge in [0.15, 0.2) is 0 Å². The van der Waals surface area contributed by atoms with Crippen LogP contribution in [-0.4, -0.2) is 15.4 Å². The van der Waals surface area contributed by atoms with E-state index in [0.29, 0.717) is 4.90 Å². The molecular weight excluding hydrogens is 184 g/mol. The van der Waals surface area contributed by atoms with Gasteiger partial charge in [0.1, 0.15) is 0 Å². The average molecular weight is 194 g/mol. The van der Waals surface area contributed by atoms with Gasteiger partial charge in [0, 0.05) is 23.4 Å². The molecule has 0 fully saturated rings. The lowest BCUT2D eigenvalue weighted by Crippen LogP contribution is -1.92. The smallest absolute Gasteiger partial charge is 0.0722 e. The van der Waals surface area contributed by atoms with E-state index in [2.05, 4.69) is 4.98 Å². The summed E-state index contributed by atoms with van der Waals surface area (Å²) in [7, 11) is -2.62. The third-order valence-electron chi connectivity index (χ3n) is 1.97. The van der Waals surface area contributed by atoms with E-state index in [0.717, 1.165) is 10.9 Å². The van der Waals surface area contributed by atoms with Gasteiger partial charge in [0.2, 0.25) is 0 Å². The van der Waals surface area contributed by atoms with Gasteiger partial charge in [-0.3, -0.25) is 0 Å². The minimum absolute atomic E-state index is 0.586. The van der Waals surface area contributed by atoms with Gasteiger partial charge in [-0.2, -0.15) is 0 Å². The molecule has 0 aliphatic carbocycles. The Kier molecular flexibility index (Phi) is 1.66. The van der Waals surface area contributed by atoms with Gasteiger partial charge in [-0.05, 0) is 6.07 Å². The molecule has 2 aromatic rings. The van der Waals surface area contributed by atoms with Crippen LogP contribution in [0.5, 0.6) is 0 Å². The first-order valence-electron chi connectivity index (χ1n) is 3.89. The fourth-order valence-electron chi connectivity index (χ4n) is 1.37. The standard InChI is InChI=1S/C9H10N2OS/c1-13(10,12)9-6-11-8-5-3-2-4-7(8)9/h2-6,10-11H,1H3. The van der Waals surface area contributed by atoms with Crippen molar-refractivity contribution in [3.05, 3.63) is 30.5 Å². The molecule has 1 aromatic heterocycles. The van der Waals surface area contributed by atoms with E-state index in [-0.39, 0.29) is 0 Å². The minimum Gasteiger partial charge on any atom is -0.360 e. The van der Waals surface area contributed by atoms with Crippen molar-refractivity contribution in [2.24, 2.45) is 0 Å². The van der Waals surface area contributed by atoms with Crippen molar-refractivity contribution < 1.29 is 4.21 Å². The van der Waals surface area contributed by atoms with Crippen LogP contribution in [0.1, 0.15) is 0 Å². The summed E-state index contributed by atoms with van der Waals surface area (Å²) in [5.41, 5.74) is 0.930. The number of hydrogen-bond donors (Lipinski definition) is 2. The summed E-state index contributed by atoms with van der Waals surface area (Å²) in [5.74, 6) is 0. The molecule has 1 aromatic carbocycles. The van der Waals surface area contributed by atoms with Crippen LogP contribution < -0.4 is 0 Å². The molecule has 2 rings (SSSR count). The van der Waals surface area contributed by atoms with E-state index in [9.17, 15) is 4.21 Å². The maximum atomic E-state index is 11.5. The van der Waals surface area contributed by atoms with Gasteiger partial charge in [-0.25, -0.2) is 8.99 Å². The van der Waals surface area contributed by atoms with Gasteiger partial charge in [-0.1, -0.05) is 18.2 Å². The number of nitrogens with one attached hydrogen (secondary N) is 2. The molecule has 1 atom stereocenters. The monoisotopic (exact) mass is 194 g/mol. The summed E-state index contributed by atoms with van der Waals surface area (Å²) >= 11 is 0. The Hall–Kier alpha value is -1.29. The minimum atomic E-state index is -2.62. The first kappa shape index (κ1) is 8.31. The highest BCUT2D eigenvalue weighted by Gasteiger charge is 2.08. The van der Waals surface area contributed by atoms with E-state index < -0.39 is 9.73 Å². The third-order valence-corrected chi connectivity index (χ3v) is 3.15. The molecule has 0 aliphatic rings. The van der Waals surface area contributed by atoms with Crippen molar-refractivity contribution in [1.29, 1.82) is 4.78 Å². The third kappa shape index (κ3) is 1.33. The SMILES string of the molecule is CS(=N)(=O)c1c[nH]c2ccccc12. The topological polar surface area (TPSA) is 56.7 Å². The van der Waals surface area contributed by atoms with Crippen LogP contribution in [0.4, 0.5) is 0 Å². The number of benzene rings is 1. The molecular formula is C9H10N2OS. The van der Waals surface area contributed by atoms with Crippen molar-refractivity contribution in [2.75, 3.05) is 6.26 Å². The van der Waals surface area contributed by atoms with E-state index in [1.165, 1.54) is 6.26 Å². The molecule has 2 N–H and O–H groups in total. The van der Waals surface area contributed by atoms with Crippen LogP contribution in [0.15, 0.2) is 35.4 Å². The number of aromatic amines is 1. The zero-order valence-corrected chi connectivity index (χ0v) is 8.02. The molecule has 0 amide bonds. The van der Waals surface area contributed by atoms with E-state index in [1.807, 2.05) is 24.3 Å². The molecule has 0 radical (unpaired) electrons. The number of aromatic nitrogens is 1. The molecule has 0 aliphatic heterocycles. The fourth-order valence-corrected chi connectivity index (χ4v) is 2.25. The Morgan fingerprint density at radius 2 is 2.08 bits per heavy atom. The van der Waals surface area contributed by atoms with Gasteiger partial charge in [0.25, 0.3) is 0 Å². The molecule has 0 saturated carbocycles. The lowest BCUT2D eigenvalue weighted by molar-refractivity contribution is 0.679. The number of hydrogen-bond acceptors (Lipinski definition) is 2. The van der Waals surface area contributed by atoms with Crippen LogP contribution in [0.3, 0.4) is 0 Å². The number of rotatable bonds is 1. The first-order chi connectivity index (χ1) is 6.09. The Balaban J connectivity index is 2.87. The van der Waals surface area contributed by atoms with Gasteiger partial charge < -0.3 is 4.98 Å². The predicted molar refractivity (Wildman–Crippen MR) is 53.4 cm³/mol. The Labute approximate surface area is 76.8 Å². The Morgan fingerprint density at radius 3 is 2.77 bits per heavy atom. The highest BCUT2D eigenvalue weighted by atomic mass is 32.2. The molecule has 68 valence electrons. The molecule has 3 nitrogen and oxygen atoms in total. The largest absolute Gasteiger partial charge is 0.360 e. The van der Waals surface area contributed by atoms with Crippen LogP contribution in [0.2, 0.25) is 0 Å². The number of H-pyrrole nitrogens is 1. The maximum absolute atomic E-state index is 11.5. The molecule has 1 heterocycles. The molecule has 1 unspecified atom stereocenters. The molecule has 4 heteroatoms. The summed E-state index contributed by atoms with van der Waals surface area (Å²) in [6, 6.07) is 7.57. The van der Waals surface area contributed by atoms with Crippen molar-refractivity contribution >= 4 is 20.6 Å². The Bertz CT molecular complexity index is 539. The van der Waals surface area contributed by atoms with Crippen LogP contribution in [0.25, 0.3) is 10.9 Å². The quantitative estimate of drug-likeness (QED) is 0.718. The average Bonchev–Trinajstić information content (AvgIpc) is 2.45. The maximum Gasteiger partial charge on any atom is 0.0722 e. The summed E-state index contributed by atoms with van der Waals surface area (Å²) in [4.78, 5) is 3.58. The normalized spacial score (nSPS) is 15.8. The zero-order chi connectivity index (χ0) is 9.47.